The number of carbonyl (C=O) groups excluding carboxylic acids is 1. The van der Waals surface area contributed by atoms with Crippen LogP contribution < -0.4 is 10.1 Å². The van der Waals surface area contributed by atoms with Crippen molar-refractivity contribution in [1.82, 2.24) is 4.90 Å². The second-order valence-electron chi connectivity index (χ2n) is 6.21. The Balaban J connectivity index is 1.91. The van der Waals surface area contributed by atoms with E-state index in [1.54, 1.807) is 6.92 Å². The second-order valence-corrected chi connectivity index (χ2v) is 6.21. The third kappa shape index (κ3) is 5.14. The number of benzene rings is 1. The minimum absolute atomic E-state index is 0.0480. The fourth-order valence-corrected chi connectivity index (χ4v) is 2.92. The van der Waals surface area contributed by atoms with Crippen molar-refractivity contribution in [1.29, 1.82) is 0 Å². The van der Waals surface area contributed by atoms with E-state index in [0.29, 0.717) is 12.2 Å². The van der Waals surface area contributed by atoms with Gasteiger partial charge in [-0.05, 0) is 63.4 Å². The molecule has 5 nitrogen and oxygen atoms in total. The fraction of sp³-hybridized carbons (Fsp3) is 0.588. The molecule has 0 radical (unpaired) electrons. The predicted molar refractivity (Wildman–Crippen MR) is 87.1 cm³/mol. The zero-order valence-electron chi connectivity index (χ0n) is 13.9. The van der Waals surface area contributed by atoms with Gasteiger partial charge in [0.15, 0.2) is 0 Å². The Morgan fingerprint density at radius 3 is 2.58 bits per heavy atom. The molecule has 2 N–H and O–H groups in total. The average Bonchev–Trinajstić information content (AvgIpc) is 2.55. The Morgan fingerprint density at radius 2 is 2.00 bits per heavy atom. The first kappa shape index (κ1) is 18.6. The Morgan fingerprint density at radius 1 is 1.33 bits per heavy atom. The van der Waals surface area contributed by atoms with E-state index in [2.05, 4.69) is 15.0 Å². The number of aliphatic hydroxyl groups is 1. The number of aliphatic hydroxyl groups excluding tert-OH is 1. The summed E-state index contributed by atoms with van der Waals surface area (Å²) in [5.41, 5.74) is 0.526. The van der Waals surface area contributed by atoms with E-state index in [-0.39, 0.29) is 29.7 Å². The molecule has 1 aliphatic heterocycles. The van der Waals surface area contributed by atoms with E-state index in [9.17, 15) is 18.7 Å². The SMILES string of the molecule is CC(O)C1CCCN(C(C)C(=O)Nc2ccc(OC(F)F)cc2)C1. The van der Waals surface area contributed by atoms with Crippen LogP contribution in [0.15, 0.2) is 24.3 Å². The summed E-state index contributed by atoms with van der Waals surface area (Å²) in [6.07, 6.45) is 1.53. The van der Waals surface area contributed by atoms with Crippen molar-refractivity contribution in [2.45, 2.75) is 45.4 Å². The highest BCUT2D eigenvalue weighted by Crippen LogP contribution is 2.22. The topological polar surface area (TPSA) is 61.8 Å². The number of hydrogen-bond donors (Lipinski definition) is 2. The number of nitrogens with zero attached hydrogens (tertiary/aromatic N) is 1. The van der Waals surface area contributed by atoms with Gasteiger partial charge in [0.05, 0.1) is 12.1 Å². The summed E-state index contributed by atoms with van der Waals surface area (Å²) in [7, 11) is 0. The van der Waals surface area contributed by atoms with Gasteiger partial charge in [-0.1, -0.05) is 0 Å². The molecule has 2 rings (SSSR count). The van der Waals surface area contributed by atoms with Gasteiger partial charge in [0.1, 0.15) is 5.75 Å². The van der Waals surface area contributed by atoms with Crippen LogP contribution in [0.25, 0.3) is 0 Å². The van der Waals surface area contributed by atoms with Gasteiger partial charge in [-0.25, -0.2) is 0 Å². The van der Waals surface area contributed by atoms with E-state index in [0.717, 1.165) is 19.4 Å². The van der Waals surface area contributed by atoms with Crippen LogP contribution in [0.5, 0.6) is 5.75 Å². The molecule has 134 valence electrons. The van der Waals surface area contributed by atoms with Gasteiger partial charge in [-0.15, -0.1) is 0 Å². The first-order chi connectivity index (χ1) is 11.4. The molecule has 0 saturated carbocycles. The summed E-state index contributed by atoms with van der Waals surface area (Å²) in [5.74, 6) is 0.0652. The minimum atomic E-state index is -2.87. The Kier molecular flexibility index (Phi) is 6.51. The maximum absolute atomic E-state index is 12.4. The van der Waals surface area contributed by atoms with Crippen molar-refractivity contribution < 1.29 is 23.4 Å². The van der Waals surface area contributed by atoms with E-state index in [1.165, 1.54) is 24.3 Å². The van der Waals surface area contributed by atoms with Gasteiger partial charge >= 0.3 is 6.61 Å². The number of amides is 1. The first-order valence-corrected chi connectivity index (χ1v) is 8.14. The molecule has 0 aliphatic carbocycles. The van der Waals surface area contributed by atoms with Crippen LogP contribution >= 0.6 is 0 Å². The summed E-state index contributed by atoms with van der Waals surface area (Å²) in [6.45, 7) is 2.24. The molecule has 0 bridgehead atoms. The quantitative estimate of drug-likeness (QED) is 0.834. The zero-order valence-corrected chi connectivity index (χ0v) is 13.9. The van der Waals surface area contributed by atoms with Crippen LogP contribution in [0.2, 0.25) is 0 Å². The lowest BCUT2D eigenvalue weighted by molar-refractivity contribution is -0.121. The number of alkyl halides is 2. The molecule has 24 heavy (non-hydrogen) atoms. The van der Waals surface area contributed by atoms with Crippen LogP contribution in [0, 0.1) is 5.92 Å². The molecule has 1 heterocycles. The molecule has 1 aromatic rings. The predicted octanol–water partition coefficient (Wildman–Crippen LogP) is 2.71. The molecule has 1 aliphatic rings. The Labute approximate surface area is 140 Å². The summed E-state index contributed by atoms with van der Waals surface area (Å²) >= 11 is 0. The molecule has 1 fully saturated rings. The van der Waals surface area contributed by atoms with Gasteiger partial charge in [-0.2, -0.15) is 8.78 Å². The molecule has 3 atom stereocenters. The van der Waals surface area contributed by atoms with Crippen molar-refractivity contribution in [2.75, 3.05) is 18.4 Å². The highest BCUT2D eigenvalue weighted by atomic mass is 19.3. The number of likely N-dealkylation sites (tertiary alicyclic amines) is 1. The van der Waals surface area contributed by atoms with Gasteiger partial charge in [0, 0.05) is 12.2 Å². The van der Waals surface area contributed by atoms with Gasteiger partial charge in [0.25, 0.3) is 0 Å². The molecule has 1 amide bonds. The third-order valence-electron chi connectivity index (χ3n) is 4.45. The fourth-order valence-electron chi connectivity index (χ4n) is 2.92. The monoisotopic (exact) mass is 342 g/mol. The largest absolute Gasteiger partial charge is 0.435 e. The number of piperidine rings is 1. The average molecular weight is 342 g/mol. The summed E-state index contributed by atoms with van der Waals surface area (Å²) in [6, 6.07) is 5.49. The molecule has 1 saturated heterocycles. The lowest BCUT2D eigenvalue weighted by Crippen LogP contribution is -2.48. The van der Waals surface area contributed by atoms with Crippen LogP contribution in [0.1, 0.15) is 26.7 Å². The molecule has 0 spiro atoms. The van der Waals surface area contributed by atoms with Gasteiger partial charge in [0.2, 0.25) is 5.91 Å². The first-order valence-electron chi connectivity index (χ1n) is 8.14. The van der Waals surface area contributed by atoms with Crippen LogP contribution in [0.3, 0.4) is 0 Å². The molecular weight excluding hydrogens is 318 g/mol. The van der Waals surface area contributed by atoms with Gasteiger partial charge < -0.3 is 15.2 Å². The van der Waals surface area contributed by atoms with E-state index >= 15 is 0 Å². The number of ether oxygens (including phenoxy) is 1. The third-order valence-corrected chi connectivity index (χ3v) is 4.45. The normalized spacial score (nSPS) is 21.3. The van der Waals surface area contributed by atoms with Crippen molar-refractivity contribution in [3.05, 3.63) is 24.3 Å². The number of nitrogens with one attached hydrogen (secondary N) is 1. The van der Waals surface area contributed by atoms with E-state index in [1.807, 2.05) is 6.92 Å². The molecular formula is C17H24F2N2O3. The van der Waals surface area contributed by atoms with Crippen molar-refractivity contribution >= 4 is 11.6 Å². The molecule has 7 heteroatoms. The van der Waals surface area contributed by atoms with Crippen LogP contribution in [-0.2, 0) is 4.79 Å². The minimum Gasteiger partial charge on any atom is -0.435 e. The van der Waals surface area contributed by atoms with Crippen LogP contribution in [0.4, 0.5) is 14.5 Å². The van der Waals surface area contributed by atoms with Crippen molar-refractivity contribution in [2.24, 2.45) is 5.92 Å². The number of carbonyl (C=O) groups is 1. The maximum Gasteiger partial charge on any atom is 0.387 e. The number of halogens is 2. The zero-order chi connectivity index (χ0) is 17.7. The number of anilines is 1. The molecule has 0 aromatic heterocycles. The lowest BCUT2D eigenvalue weighted by Gasteiger charge is -2.37. The summed E-state index contributed by atoms with van der Waals surface area (Å²) in [4.78, 5) is 14.4. The second kappa shape index (κ2) is 8.39. The Hall–Kier alpha value is -1.73. The summed E-state index contributed by atoms with van der Waals surface area (Å²) in [5, 5.41) is 12.5. The van der Waals surface area contributed by atoms with Gasteiger partial charge in [-0.3, -0.25) is 9.69 Å². The number of hydrogen-bond acceptors (Lipinski definition) is 4. The highest BCUT2D eigenvalue weighted by molar-refractivity contribution is 5.94. The van der Waals surface area contributed by atoms with E-state index in [4.69, 9.17) is 0 Å². The lowest BCUT2D eigenvalue weighted by atomic mass is 9.92. The maximum atomic E-state index is 12.4. The number of rotatable bonds is 6. The van der Waals surface area contributed by atoms with Crippen molar-refractivity contribution in [3.63, 3.8) is 0 Å². The smallest absolute Gasteiger partial charge is 0.387 e. The standard InChI is InChI=1S/C17H24F2N2O3/c1-11(21-9-3-4-13(10-21)12(2)22)16(23)20-14-5-7-15(8-6-14)24-17(18)19/h5-8,11-13,17,22H,3-4,9-10H2,1-2H3,(H,20,23). The highest BCUT2D eigenvalue weighted by Gasteiger charge is 2.29. The summed E-state index contributed by atoms with van der Waals surface area (Å²) < 4.78 is 28.5. The molecule has 3 unspecified atom stereocenters. The molecule has 1 aromatic carbocycles. The Bertz CT molecular complexity index is 537. The van der Waals surface area contributed by atoms with Crippen molar-refractivity contribution in [3.8, 4) is 5.75 Å². The van der Waals surface area contributed by atoms with E-state index < -0.39 is 6.61 Å². The van der Waals surface area contributed by atoms with Crippen LogP contribution in [-0.4, -0.2) is 47.8 Å².